The number of likely N-dealkylation sites (tertiary alicyclic amines) is 1. The second-order valence-electron chi connectivity index (χ2n) is 9.00. The molecule has 1 fully saturated rings. The maximum Gasteiger partial charge on any atom is 0.319 e. The molecule has 3 rings (SSSR count). The van der Waals surface area contributed by atoms with Gasteiger partial charge in [-0.3, -0.25) is 14.6 Å². The average molecular weight is 438 g/mol. The number of pyridine rings is 1. The van der Waals surface area contributed by atoms with E-state index < -0.39 is 5.41 Å². The van der Waals surface area contributed by atoms with Crippen molar-refractivity contribution in [2.24, 2.45) is 5.41 Å². The molecule has 170 valence electrons. The van der Waals surface area contributed by atoms with Gasteiger partial charge in [0.2, 0.25) is 5.91 Å². The number of benzene rings is 1. The van der Waals surface area contributed by atoms with Gasteiger partial charge in [-0.05, 0) is 43.2 Å². The van der Waals surface area contributed by atoms with E-state index >= 15 is 0 Å². The summed E-state index contributed by atoms with van der Waals surface area (Å²) in [7, 11) is 0. The SMILES string of the molecule is CC(C)(C)C(=O)N1CCC(NC(=O)Nc2cccc(C(=O)NCc3ccccn3)c2)CC1. The average Bonchev–Trinajstić information content (AvgIpc) is 2.77. The van der Waals surface area contributed by atoms with Crippen LogP contribution in [0.2, 0.25) is 0 Å². The fourth-order valence-corrected chi connectivity index (χ4v) is 3.57. The molecule has 0 saturated carbocycles. The van der Waals surface area contributed by atoms with Crippen LogP contribution in [0.5, 0.6) is 0 Å². The number of piperidine rings is 1. The molecule has 8 nitrogen and oxygen atoms in total. The third-order valence-electron chi connectivity index (χ3n) is 5.30. The first-order valence-electron chi connectivity index (χ1n) is 10.9. The van der Waals surface area contributed by atoms with Crippen molar-refractivity contribution >= 4 is 23.5 Å². The molecule has 0 unspecified atom stereocenters. The monoisotopic (exact) mass is 437 g/mol. The number of aromatic nitrogens is 1. The lowest BCUT2D eigenvalue weighted by Crippen LogP contribution is -2.49. The Bertz CT molecular complexity index is 948. The van der Waals surface area contributed by atoms with E-state index in [0.717, 1.165) is 5.69 Å². The highest BCUT2D eigenvalue weighted by Gasteiger charge is 2.30. The number of amides is 4. The molecular weight excluding hydrogens is 406 g/mol. The van der Waals surface area contributed by atoms with Gasteiger partial charge in [0.25, 0.3) is 5.91 Å². The van der Waals surface area contributed by atoms with Crippen molar-refractivity contribution in [3.8, 4) is 0 Å². The molecule has 2 aromatic rings. The lowest BCUT2D eigenvalue weighted by molar-refractivity contribution is -0.140. The highest BCUT2D eigenvalue weighted by atomic mass is 16.2. The van der Waals surface area contributed by atoms with E-state index in [4.69, 9.17) is 0 Å². The molecular formula is C24H31N5O3. The third-order valence-corrected chi connectivity index (χ3v) is 5.30. The van der Waals surface area contributed by atoms with Gasteiger partial charge in [0.15, 0.2) is 0 Å². The van der Waals surface area contributed by atoms with Crippen molar-refractivity contribution in [3.05, 3.63) is 59.9 Å². The van der Waals surface area contributed by atoms with Gasteiger partial charge in [0, 0.05) is 42.0 Å². The quantitative estimate of drug-likeness (QED) is 0.668. The number of carbonyl (C=O) groups is 3. The highest BCUT2D eigenvalue weighted by molar-refractivity contribution is 5.96. The van der Waals surface area contributed by atoms with Crippen molar-refractivity contribution in [2.75, 3.05) is 18.4 Å². The normalized spacial score (nSPS) is 14.5. The van der Waals surface area contributed by atoms with E-state index in [9.17, 15) is 14.4 Å². The molecule has 0 spiro atoms. The van der Waals surface area contributed by atoms with Crippen LogP contribution in [0.25, 0.3) is 0 Å². The van der Waals surface area contributed by atoms with Crippen LogP contribution in [-0.2, 0) is 11.3 Å². The Morgan fingerprint density at radius 1 is 1.06 bits per heavy atom. The van der Waals surface area contributed by atoms with Gasteiger partial charge < -0.3 is 20.9 Å². The van der Waals surface area contributed by atoms with E-state index in [0.29, 0.717) is 43.7 Å². The summed E-state index contributed by atoms with van der Waals surface area (Å²) < 4.78 is 0. The molecule has 8 heteroatoms. The molecule has 4 amide bonds. The Labute approximate surface area is 188 Å². The first kappa shape index (κ1) is 23.2. The maximum atomic E-state index is 12.4. The summed E-state index contributed by atoms with van der Waals surface area (Å²) in [5.74, 6) is -0.103. The smallest absolute Gasteiger partial charge is 0.319 e. The fourth-order valence-electron chi connectivity index (χ4n) is 3.57. The van der Waals surface area contributed by atoms with Crippen molar-refractivity contribution in [1.82, 2.24) is 20.5 Å². The lowest BCUT2D eigenvalue weighted by atomic mass is 9.93. The second-order valence-corrected chi connectivity index (χ2v) is 9.00. The Morgan fingerprint density at radius 3 is 2.47 bits per heavy atom. The summed E-state index contributed by atoms with van der Waals surface area (Å²) in [5, 5.41) is 8.58. The van der Waals surface area contributed by atoms with Crippen LogP contribution < -0.4 is 16.0 Å². The predicted molar refractivity (Wildman–Crippen MR) is 123 cm³/mol. The number of anilines is 1. The van der Waals surface area contributed by atoms with E-state index in [1.54, 1.807) is 30.5 Å². The van der Waals surface area contributed by atoms with E-state index in [1.165, 1.54) is 0 Å². The van der Waals surface area contributed by atoms with Gasteiger partial charge in [-0.2, -0.15) is 0 Å². The maximum absolute atomic E-state index is 12.4. The molecule has 1 aliphatic rings. The molecule has 0 aliphatic carbocycles. The Morgan fingerprint density at radius 2 is 1.81 bits per heavy atom. The summed E-state index contributed by atoms with van der Waals surface area (Å²) >= 11 is 0. The van der Waals surface area contributed by atoms with Gasteiger partial charge in [-0.25, -0.2) is 4.79 Å². The minimum atomic E-state index is -0.396. The number of hydrogen-bond acceptors (Lipinski definition) is 4. The number of rotatable bonds is 5. The van der Waals surface area contributed by atoms with E-state index in [1.807, 2.05) is 43.9 Å². The lowest BCUT2D eigenvalue weighted by Gasteiger charge is -2.35. The number of carbonyl (C=O) groups excluding carboxylic acids is 3. The van der Waals surface area contributed by atoms with E-state index in [-0.39, 0.29) is 23.9 Å². The van der Waals surface area contributed by atoms with Gasteiger partial charge in [-0.1, -0.05) is 32.9 Å². The second kappa shape index (κ2) is 10.3. The largest absolute Gasteiger partial charge is 0.346 e. The molecule has 2 heterocycles. The standard InChI is InChI=1S/C24H31N5O3/c1-24(2,3)22(31)29-13-10-18(11-14-29)27-23(32)28-19-9-6-7-17(15-19)21(30)26-16-20-8-4-5-12-25-20/h4-9,12,15,18H,10-11,13-14,16H2,1-3H3,(H,26,30)(H2,27,28,32). The molecule has 0 bridgehead atoms. The fraction of sp³-hybridized carbons (Fsp3) is 0.417. The minimum absolute atomic E-state index is 0.00359. The molecule has 1 aromatic carbocycles. The molecule has 0 atom stereocenters. The van der Waals surface area contributed by atoms with Crippen LogP contribution in [0.4, 0.5) is 10.5 Å². The molecule has 3 N–H and O–H groups in total. The summed E-state index contributed by atoms with van der Waals surface area (Å²) in [6.07, 6.45) is 3.10. The van der Waals surface area contributed by atoms with Crippen LogP contribution in [0.15, 0.2) is 48.7 Å². The van der Waals surface area contributed by atoms with Gasteiger partial charge in [0.1, 0.15) is 0 Å². The topological polar surface area (TPSA) is 103 Å². The van der Waals surface area contributed by atoms with Crippen LogP contribution in [0.1, 0.15) is 49.7 Å². The third kappa shape index (κ3) is 6.54. The van der Waals surface area contributed by atoms with Crippen molar-refractivity contribution < 1.29 is 14.4 Å². The molecule has 1 aliphatic heterocycles. The Hall–Kier alpha value is -3.42. The summed E-state index contributed by atoms with van der Waals surface area (Å²) in [4.78, 5) is 43.3. The predicted octanol–water partition coefficient (Wildman–Crippen LogP) is 3.17. The summed E-state index contributed by atoms with van der Waals surface area (Å²) in [6, 6.07) is 12.0. The van der Waals surface area contributed by atoms with Gasteiger partial charge in [-0.15, -0.1) is 0 Å². The van der Waals surface area contributed by atoms with Crippen LogP contribution >= 0.6 is 0 Å². The van der Waals surface area contributed by atoms with Crippen molar-refractivity contribution in [3.63, 3.8) is 0 Å². The zero-order valence-electron chi connectivity index (χ0n) is 18.9. The molecule has 1 saturated heterocycles. The number of nitrogens with one attached hydrogen (secondary N) is 3. The number of nitrogens with zero attached hydrogens (tertiary/aromatic N) is 2. The summed E-state index contributed by atoms with van der Waals surface area (Å²) in [5.41, 5.74) is 1.36. The molecule has 0 radical (unpaired) electrons. The molecule has 32 heavy (non-hydrogen) atoms. The Balaban J connectivity index is 1.47. The van der Waals surface area contributed by atoms with Crippen LogP contribution in [0.3, 0.4) is 0 Å². The zero-order valence-corrected chi connectivity index (χ0v) is 18.9. The Kier molecular flexibility index (Phi) is 7.45. The van der Waals surface area contributed by atoms with Crippen LogP contribution in [-0.4, -0.2) is 46.9 Å². The van der Waals surface area contributed by atoms with Gasteiger partial charge in [0.05, 0.1) is 12.2 Å². The summed E-state index contributed by atoms with van der Waals surface area (Å²) in [6.45, 7) is 7.34. The highest BCUT2D eigenvalue weighted by Crippen LogP contribution is 2.21. The first-order chi connectivity index (χ1) is 15.2. The molecule has 1 aromatic heterocycles. The van der Waals surface area contributed by atoms with Gasteiger partial charge >= 0.3 is 6.03 Å². The van der Waals surface area contributed by atoms with E-state index in [2.05, 4.69) is 20.9 Å². The minimum Gasteiger partial charge on any atom is -0.346 e. The zero-order chi connectivity index (χ0) is 23.1. The van der Waals surface area contributed by atoms with Crippen molar-refractivity contribution in [1.29, 1.82) is 0 Å². The van der Waals surface area contributed by atoms with Crippen molar-refractivity contribution in [2.45, 2.75) is 46.2 Å². The number of urea groups is 1. The number of hydrogen-bond donors (Lipinski definition) is 3. The first-order valence-corrected chi connectivity index (χ1v) is 10.9. The van der Waals surface area contributed by atoms with Crippen LogP contribution in [0, 0.1) is 5.41 Å².